The lowest BCUT2D eigenvalue weighted by atomic mass is 9.97. The van der Waals surface area contributed by atoms with Gasteiger partial charge in [-0.15, -0.1) is 0 Å². The molecule has 1 aliphatic heterocycles. The fraction of sp³-hybridized carbons (Fsp3) is 0.333. The third-order valence-electron chi connectivity index (χ3n) is 6.65. The Morgan fingerprint density at radius 3 is 2.74 bits per heavy atom. The van der Waals surface area contributed by atoms with Crippen molar-refractivity contribution in [3.8, 4) is 17.1 Å². The molecule has 0 radical (unpaired) electrons. The average molecular weight is 474 g/mol. The molecule has 4 aromatic rings. The number of ether oxygens (including phenoxy) is 1. The third kappa shape index (κ3) is 4.24. The van der Waals surface area contributed by atoms with Crippen molar-refractivity contribution >= 4 is 22.4 Å². The van der Waals surface area contributed by atoms with Gasteiger partial charge in [-0.3, -0.25) is 9.48 Å². The number of piperidine rings is 1. The number of hydrogen-bond acceptors (Lipinski definition) is 6. The molecule has 35 heavy (non-hydrogen) atoms. The summed E-state index contributed by atoms with van der Waals surface area (Å²) in [6.07, 6.45) is 7.04. The number of anilines is 1. The minimum atomic E-state index is -0.501. The van der Waals surface area contributed by atoms with Crippen LogP contribution in [0.5, 0.6) is 5.75 Å². The smallest absolute Gasteiger partial charge is 0.185 e. The van der Waals surface area contributed by atoms with Crippen molar-refractivity contribution in [2.75, 3.05) is 25.1 Å². The van der Waals surface area contributed by atoms with Crippen molar-refractivity contribution in [1.29, 1.82) is 0 Å². The van der Waals surface area contributed by atoms with Crippen molar-refractivity contribution in [3.63, 3.8) is 0 Å². The highest BCUT2D eigenvalue weighted by Crippen LogP contribution is 2.36. The van der Waals surface area contributed by atoms with E-state index in [1.807, 2.05) is 24.9 Å². The fourth-order valence-corrected chi connectivity index (χ4v) is 5.06. The van der Waals surface area contributed by atoms with Crippen molar-refractivity contribution in [3.05, 3.63) is 65.4 Å². The van der Waals surface area contributed by atoms with E-state index in [0.29, 0.717) is 5.75 Å². The van der Waals surface area contributed by atoms with E-state index in [9.17, 15) is 9.18 Å². The topological polar surface area (TPSA) is 73.1 Å². The van der Waals surface area contributed by atoms with Crippen LogP contribution in [0.4, 0.5) is 10.1 Å². The SMILES string of the molecule is COc1cccc(F)c1-c1nccc(C(=O)Cc2cc(C)c3c(cnn3C)c2N2CCCCC2)n1. The highest BCUT2D eigenvalue weighted by Gasteiger charge is 2.23. The third-order valence-corrected chi connectivity index (χ3v) is 6.65. The maximum atomic E-state index is 14.6. The fourth-order valence-electron chi connectivity index (χ4n) is 5.06. The first-order chi connectivity index (χ1) is 17.0. The summed E-state index contributed by atoms with van der Waals surface area (Å²) >= 11 is 0. The van der Waals surface area contributed by atoms with Crippen molar-refractivity contribution < 1.29 is 13.9 Å². The molecule has 8 heteroatoms. The van der Waals surface area contributed by atoms with E-state index in [0.717, 1.165) is 53.6 Å². The first kappa shape index (κ1) is 23.0. The summed E-state index contributed by atoms with van der Waals surface area (Å²) in [6.45, 7) is 3.96. The normalized spacial score (nSPS) is 13.9. The molecule has 0 spiro atoms. The molecule has 0 saturated carbocycles. The van der Waals surface area contributed by atoms with Gasteiger partial charge in [0.2, 0.25) is 0 Å². The Morgan fingerprint density at radius 2 is 1.97 bits per heavy atom. The first-order valence-electron chi connectivity index (χ1n) is 11.9. The number of ketones is 1. The second kappa shape index (κ2) is 9.44. The zero-order valence-electron chi connectivity index (χ0n) is 20.2. The van der Waals surface area contributed by atoms with E-state index in [4.69, 9.17) is 4.74 Å². The number of aromatic nitrogens is 4. The number of fused-ring (bicyclic) bond motifs is 1. The van der Waals surface area contributed by atoms with Gasteiger partial charge in [-0.05, 0) is 55.5 Å². The number of halogens is 1. The molecule has 5 rings (SSSR count). The summed E-state index contributed by atoms with van der Waals surface area (Å²) in [5.41, 5.74) is 4.58. The van der Waals surface area contributed by atoms with Crippen molar-refractivity contribution in [2.24, 2.45) is 7.05 Å². The quantitative estimate of drug-likeness (QED) is 0.371. The molecule has 1 saturated heterocycles. The zero-order chi connectivity index (χ0) is 24.5. The van der Waals surface area contributed by atoms with Gasteiger partial charge in [0.1, 0.15) is 17.3 Å². The van der Waals surface area contributed by atoms with Crippen LogP contribution in [0.3, 0.4) is 0 Å². The standard InChI is InChI=1S/C27H28FN5O2/c1-17-14-18(26(33-12-5-4-6-13-33)19-16-30-32(2)25(17)19)15-22(34)21-10-11-29-27(31-21)24-20(28)8-7-9-23(24)35-3/h7-11,14,16H,4-6,12-13,15H2,1-3H3. The molecule has 0 amide bonds. The Labute approximate surface area is 203 Å². The maximum absolute atomic E-state index is 14.6. The Kier molecular flexibility index (Phi) is 6.19. The van der Waals surface area contributed by atoms with Crippen LogP contribution in [-0.4, -0.2) is 45.7 Å². The Morgan fingerprint density at radius 1 is 1.17 bits per heavy atom. The lowest BCUT2D eigenvalue weighted by molar-refractivity contribution is 0.0988. The molecule has 0 aliphatic carbocycles. The minimum Gasteiger partial charge on any atom is -0.496 e. The van der Waals surface area contributed by atoms with Gasteiger partial charge in [0.15, 0.2) is 11.6 Å². The number of benzene rings is 2. The summed E-state index contributed by atoms with van der Waals surface area (Å²) in [4.78, 5) is 24.5. The maximum Gasteiger partial charge on any atom is 0.185 e. The highest BCUT2D eigenvalue weighted by molar-refractivity contribution is 6.01. The molecule has 1 aliphatic rings. The molecule has 7 nitrogen and oxygen atoms in total. The highest BCUT2D eigenvalue weighted by atomic mass is 19.1. The number of carbonyl (C=O) groups is 1. The molecule has 0 N–H and O–H groups in total. The molecular weight excluding hydrogens is 445 g/mol. The molecule has 3 heterocycles. The summed E-state index contributed by atoms with van der Waals surface area (Å²) in [7, 11) is 3.41. The number of Topliss-reactive ketones (excluding diaryl/α,β-unsaturated/α-hetero) is 1. The Bertz CT molecular complexity index is 1410. The van der Waals surface area contributed by atoms with Crippen LogP contribution in [0.25, 0.3) is 22.3 Å². The predicted octanol–water partition coefficient (Wildman–Crippen LogP) is 4.90. The molecule has 0 unspecified atom stereocenters. The van der Waals surface area contributed by atoms with Crippen LogP contribution in [0.2, 0.25) is 0 Å². The van der Waals surface area contributed by atoms with E-state index in [2.05, 4.69) is 26.0 Å². The van der Waals surface area contributed by atoms with E-state index < -0.39 is 5.82 Å². The van der Waals surface area contributed by atoms with E-state index in [-0.39, 0.29) is 29.3 Å². The van der Waals surface area contributed by atoms with Gasteiger partial charge < -0.3 is 9.64 Å². The molecule has 1 fully saturated rings. The monoisotopic (exact) mass is 473 g/mol. The molecule has 180 valence electrons. The van der Waals surface area contributed by atoms with Gasteiger partial charge in [-0.25, -0.2) is 14.4 Å². The number of nitrogens with zero attached hydrogens (tertiary/aromatic N) is 5. The van der Waals surface area contributed by atoms with Crippen molar-refractivity contribution in [1.82, 2.24) is 19.7 Å². The minimum absolute atomic E-state index is 0.126. The number of hydrogen-bond donors (Lipinski definition) is 0. The van der Waals surface area contributed by atoms with Crippen LogP contribution < -0.4 is 9.64 Å². The van der Waals surface area contributed by atoms with E-state index in [1.54, 1.807) is 18.2 Å². The Hall–Kier alpha value is -3.81. The summed E-state index contributed by atoms with van der Waals surface area (Å²) in [5, 5.41) is 5.56. The first-order valence-corrected chi connectivity index (χ1v) is 11.9. The second-order valence-electron chi connectivity index (χ2n) is 8.96. The largest absolute Gasteiger partial charge is 0.496 e. The lowest BCUT2D eigenvalue weighted by Gasteiger charge is -2.31. The summed E-state index contributed by atoms with van der Waals surface area (Å²) < 4.78 is 21.8. The molecule has 2 aromatic heterocycles. The number of methoxy groups -OCH3 is 1. The van der Waals surface area contributed by atoms with Crippen LogP contribution in [0.15, 0.2) is 42.7 Å². The molecule has 2 aromatic carbocycles. The van der Waals surface area contributed by atoms with Crippen LogP contribution in [0, 0.1) is 12.7 Å². The number of carbonyl (C=O) groups excluding carboxylic acids is 1. The van der Waals surface area contributed by atoms with Gasteiger partial charge in [-0.2, -0.15) is 5.10 Å². The van der Waals surface area contributed by atoms with Crippen LogP contribution >= 0.6 is 0 Å². The summed E-state index contributed by atoms with van der Waals surface area (Å²) in [5.74, 6) is -0.204. The predicted molar refractivity (Wildman–Crippen MR) is 134 cm³/mol. The van der Waals surface area contributed by atoms with E-state index in [1.165, 1.54) is 25.8 Å². The summed E-state index contributed by atoms with van der Waals surface area (Å²) in [6, 6.07) is 8.20. The van der Waals surface area contributed by atoms with Gasteiger partial charge in [-0.1, -0.05) is 12.1 Å². The van der Waals surface area contributed by atoms with Crippen molar-refractivity contribution in [2.45, 2.75) is 32.6 Å². The van der Waals surface area contributed by atoms with Gasteiger partial charge in [0, 0.05) is 38.1 Å². The number of aryl methyl sites for hydroxylation is 2. The van der Waals surface area contributed by atoms with Gasteiger partial charge >= 0.3 is 0 Å². The van der Waals surface area contributed by atoms with Gasteiger partial charge in [0.05, 0.1) is 30.1 Å². The molecular formula is C27H28FN5O2. The van der Waals surface area contributed by atoms with Crippen LogP contribution in [-0.2, 0) is 13.5 Å². The number of rotatable bonds is 6. The lowest BCUT2D eigenvalue weighted by Crippen LogP contribution is -2.30. The zero-order valence-corrected chi connectivity index (χ0v) is 20.2. The van der Waals surface area contributed by atoms with E-state index >= 15 is 0 Å². The second-order valence-corrected chi connectivity index (χ2v) is 8.96. The van der Waals surface area contributed by atoms with Gasteiger partial charge in [0.25, 0.3) is 0 Å². The average Bonchev–Trinajstić information content (AvgIpc) is 3.26. The molecule has 0 atom stereocenters. The Balaban J connectivity index is 1.54. The van der Waals surface area contributed by atoms with Crippen LogP contribution in [0.1, 0.15) is 40.9 Å². The molecule has 0 bridgehead atoms.